The molecule has 0 aromatic heterocycles. The Labute approximate surface area is 133 Å². The molecular weight excluding hydrogens is 276 g/mol. The molecule has 22 heavy (non-hydrogen) atoms. The number of likely N-dealkylation sites (tertiary alicyclic amines) is 2. The summed E-state index contributed by atoms with van der Waals surface area (Å²) in [6.07, 6.45) is 6.67. The maximum Gasteiger partial charge on any atom is 0.118 e. The summed E-state index contributed by atoms with van der Waals surface area (Å²) < 4.78 is 5.16. The Morgan fingerprint density at radius 2 is 1.91 bits per heavy atom. The highest BCUT2D eigenvalue weighted by Gasteiger charge is 2.35. The van der Waals surface area contributed by atoms with E-state index in [9.17, 15) is 5.11 Å². The van der Waals surface area contributed by atoms with Crippen molar-refractivity contribution in [2.45, 2.75) is 25.0 Å². The zero-order valence-corrected chi connectivity index (χ0v) is 13.3. The lowest BCUT2D eigenvalue weighted by atomic mass is 10.2. The van der Waals surface area contributed by atoms with Gasteiger partial charge in [0.2, 0.25) is 0 Å². The van der Waals surface area contributed by atoms with Crippen LogP contribution in [0.3, 0.4) is 0 Å². The van der Waals surface area contributed by atoms with Gasteiger partial charge in [0.05, 0.1) is 13.2 Å². The molecule has 120 valence electrons. The molecule has 2 atom stereocenters. The van der Waals surface area contributed by atoms with Crippen molar-refractivity contribution in [3.05, 3.63) is 35.9 Å². The zero-order chi connectivity index (χ0) is 15.4. The van der Waals surface area contributed by atoms with Crippen LogP contribution in [0.25, 0.3) is 6.08 Å². The Balaban J connectivity index is 1.50. The van der Waals surface area contributed by atoms with Crippen molar-refractivity contribution in [3.63, 3.8) is 0 Å². The van der Waals surface area contributed by atoms with Crippen LogP contribution in [0.1, 0.15) is 18.4 Å². The monoisotopic (exact) mass is 302 g/mol. The van der Waals surface area contributed by atoms with Crippen molar-refractivity contribution in [3.8, 4) is 5.75 Å². The lowest BCUT2D eigenvalue weighted by molar-refractivity contribution is 0.0979. The van der Waals surface area contributed by atoms with Crippen molar-refractivity contribution in [2.75, 3.05) is 39.8 Å². The molecule has 0 amide bonds. The highest BCUT2D eigenvalue weighted by Crippen LogP contribution is 2.21. The van der Waals surface area contributed by atoms with Gasteiger partial charge >= 0.3 is 0 Å². The van der Waals surface area contributed by atoms with Crippen molar-refractivity contribution < 1.29 is 9.84 Å². The predicted octanol–water partition coefficient (Wildman–Crippen LogP) is 1.85. The fourth-order valence-corrected chi connectivity index (χ4v) is 3.48. The molecule has 0 saturated carbocycles. The molecule has 0 radical (unpaired) electrons. The summed E-state index contributed by atoms with van der Waals surface area (Å²) in [4.78, 5) is 4.80. The van der Waals surface area contributed by atoms with Crippen LogP contribution in [0.2, 0.25) is 0 Å². The summed E-state index contributed by atoms with van der Waals surface area (Å²) in [5.41, 5.74) is 1.18. The molecule has 1 N–H and O–H groups in total. The van der Waals surface area contributed by atoms with Gasteiger partial charge in [0.1, 0.15) is 5.75 Å². The van der Waals surface area contributed by atoms with E-state index in [1.54, 1.807) is 7.11 Å². The first-order chi connectivity index (χ1) is 10.8. The van der Waals surface area contributed by atoms with Crippen LogP contribution in [-0.4, -0.2) is 66.9 Å². The number of ether oxygens (including phenoxy) is 1. The summed E-state index contributed by atoms with van der Waals surface area (Å²) in [7, 11) is 1.68. The third kappa shape index (κ3) is 3.69. The minimum Gasteiger partial charge on any atom is -0.497 e. The standard InChI is InChI=1S/C18H26N2O2/c1-22-16-8-6-15(7-9-16)5-4-10-19-13-17(18(21)14-19)20-11-2-3-12-20/h4-9,17-18,21H,2-3,10-14H2,1H3/b5-4+/t17-,18-/m0/s1. The maximum atomic E-state index is 10.3. The van der Waals surface area contributed by atoms with Crippen molar-refractivity contribution in [1.82, 2.24) is 9.80 Å². The lowest BCUT2D eigenvalue weighted by Crippen LogP contribution is -2.41. The van der Waals surface area contributed by atoms with E-state index in [2.05, 4.69) is 34.1 Å². The van der Waals surface area contributed by atoms with Crippen LogP contribution in [0.15, 0.2) is 30.3 Å². The molecule has 1 aromatic carbocycles. The lowest BCUT2D eigenvalue weighted by Gasteiger charge is -2.25. The van der Waals surface area contributed by atoms with E-state index in [1.165, 1.54) is 18.4 Å². The van der Waals surface area contributed by atoms with Gasteiger partial charge in [-0.2, -0.15) is 0 Å². The van der Waals surface area contributed by atoms with Gasteiger partial charge < -0.3 is 9.84 Å². The summed E-state index contributed by atoms with van der Waals surface area (Å²) in [5, 5.41) is 10.3. The molecule has 3 rings (SSSR count). The first-order valence-electron chi connectivity index (χ1n) is 8.21. The Morgan fingerprint density at radius 1 is 1.18 bits per heavy atom. The Hall–Kier alpha value is -1.36. The molecule has 2 aliphatic rings. The van der Waals surface area contributed by atoms with Crippen LogP contribution in [0.4, 0.5) is 0 Å². The smallest absolute Gasteiger partial charge is 0.118 e. The summed E-state index contributed by atoms with van der Waals surface area (Å²) in [6, 6.07) is 8.39. The number of hydrogen-bond acceptors (Lipinski definition) is 4. The SMILES string of the molecule is COc1ccc(/C=C/CN2C[C@H](O)[C@@H](N3CCCC3)C2)cc1. The highest BCUT2D eigenvalue weighted by atomic mass is 16.5. The van der Waals surface area contributed by atoms with Crippen molar-refractivity contribution in [2.24, 2.45) is 0 Å². The number of nitrogens with zero attached hydrogens (tertiary/aromatic N) is 2. The minimum absolute atomic E-state index is 0.201. The fraction of sp³-hybridized carbons (Fsp3) is 0.556. The van der Waals surface area contributed by atoms with E-state index in [4.69, 9.17) is 4.74 Å². The summed E-state index contributed by atoms with van der Waals surface area (Å²) in [6.45, 7) is 4.96. The van der Waals surface area contributed by atoms with Gasteiger partial charge in [-0.15, -0.1) is 0 Å². The first-order valence-corrected chi connectivity index (χ1v) is 8.21. The number of aliphatic hydroxyl groups is 1. The van der Waals surface area contributed by atoms with Gasteiger partial charge in [0.15, 0.2) is 0 Å². The van der Waals surface area contributed by atoms with Gasteiger partial charge in [0.25, 0.3) is 0 Å². The zero-order valence-electron chi connectivity index (χ0n) is 13.3. The van der Waals surface area contributed by atoms with Crippen LogP contribution in [-0.2, 0) is 0 Å². The van der Waals surface area contributed by atoms with Gasteiger partial charge in [-0.1, -0.05) is 24.3 Å². The van der Waals surface area contributed by atoms with E-state index in [0.29, 0.717) is 6.04 Å². The number of β-amino-alcohol motifs (C(OH)–C–C–N with tert-alkyl or cyclic N) is 1. The summed E-state index contributed by atoms with van der Waals surface area (Å²) >= 11 is 0. The Bertz CT molecular complexity index is 494. The van der Waals surface area contributed by atoms with Crippen LogP contribution in [0, 0.1) is 0 Å². The third-order valence-electron chi connectivity index (χ3n) is 4.73. The maximum absolute atomic E-state index is 10.3. The number of rotatable bonds is 5. The van der Waals surface area contributed by atoms with Gasteiger partial charge in [-0.05, 0) is 43.6 Å². The molecule has 0 bridgehead atoms. The average Bonchev–Trinajstić information content (AvgIpc) is 3.17. The molecule has 2 aliphatic heterocycles. The molecule has 2 heterocycles. The molecule has 2 fully saturated rings. The summed E-state index contributed by atoms with van der Waals surface area (Å²) in [5.74, 6) is 0.883. The highest BCUT2D eigenvalue weighted by molar-refractivity contribution is 5.50. The van der Waals surface area contributed by atoms with Crippen LogP contribution >= 0.6 is 0 Å². The normalized spacial score (nSPS) is 27.0. The molecule has 0 aliphatic carbocycles. The molecule has 1 aromatic rings. The van der Waals surface area contributed by atoms with Gasteiger partial charge in [0, 0.05) is 25.7 Å². The molecular formula is C18H26N2O2. The second-order valence-electron chi connectivity index (χ2n) is 6.27. The average molecular weight is 302 g/mol. The third-order valence-corrected chi connectivity index (χ3v) is 4.73. The first kappa shape index (κ1) is 15.5. The number of methoxy groups -OCH3 is 1. The van der Waals surface area contributed by atoms with Crippen molar-refractivity contribution >= 4 is 6.08 Å². The van der Waals surface area contributed by atoms with Crippen LogP contribution < -0.4 is 4.74 Å². The molecule has 4 heteroatoms. The largest absolute Gasteiger partial charge is 0.497 e. The van der Waals surface area contributed by atoms with Gasteiger partial charge in [-0.25, -0.2) is 0 Å². The molecule has 0 unspecified atom stereocenters. The Kier molecular flexibility index (Phi) is 5.13. The predicted molar refractivity (Wildman–Crippen MR) is 89.1 cm³/mol. The quantitative estimate of drug-likeness (QED) is 0.900. The van der Waals surface area contributed by atoms with E-state index in [0.717, 1.165) is 38.5 Å². The van der Waals surface area contributed by atoms with E-state index < -0.39 is 0 Å². The molecule has 4 nitrogen and oxygen atoms in total. The molecule has 2 saturated heterocycles. The number of aliphatic hydroxyl groups excluding tert-OH is 1. The minimum atomic E-state index is -0.201. The van der Waals surface area contributed by atoms with E-state index in [-0.39, 0.29) is 6.10 Å². The number of hydrogen-bond donors (Lipinski definition) is 1. The number of benzene rings is 1. The van der Waals surface area contributed by atoms with E-state index in [1.807, 2.05) is 12.1 Å². The van der Waals surface area contributed by atoms with E-state index >= 15 is 0 Å². The van der Waals surface area contributed by atoms with Crippen LogP contribution in [0.5, 0.6) is 5.75 Å². The Morgan fingerprint density at radius 3 is 2.59 bits per heavy atom. The van der Waals surface area contributed by atoms with Crippen molar-refractivity contribution in [1.29, 1.82) is 0 Å². The molecule has 0 spiro atoms. The topological polar surface area (TPSA) is 35.9 Å². The second kappa shape index (κ2) is 7.27. The fourth-order valence-electron chi connectivity index (χ4n) is 3.48. The van der Waals surface area contributed by atoms with Gasteiger partial charge in [-0.3, -0.25) is 9.80 Å². The second-order valence-corrected chi connectivity index (χ2v) is 6.27.